The molecule has 0 saturated heterocycles. The predicted octanol–water partition coefficient (Wildman–Crippen LogP) is 2.22. The summed E-state index contributed by atoms with van der Waals surface area (Å²) in [5, 5.41) is 14.5. The molecule has 0 spiro atoms. The van der Waals surface area contributed by atoms with Gasteiger partial charge in [0.1, 0.15) is 6.04 Å². The summed E-state index contributed by atoms with van der Waals surface area (Å²) in [4.78, 5) is 22.9. The van der Waals surface area contributed by atoms with Crippen LogP contribution < -0.4 is 10.6 Å². The molecule has 0 aromatic heterocycles. The lowest BCUT2D eigenvalue weighted by Crippen LogP contribution is -2.51. The van der Waals surface area contributed by atoms with Gasteiger partial charge in [-0.05, 0) is 30.6 Å². The van der Waals surface area contributed by atoms with Crippen molar-refractivity contribution in [3.05, 3.63) is 0 Å². The second kappa shape index (κ2) is 6.78. The Morgan fingerprint density at radius 1 is 1.32 bits per heavy atom. The zero-order valence-electron chi connectivity index (χ0n) is 12.3. The Bertz CT molecular complexity index is 331. The number of nitrogens with one attached hydrogen (secondary N) is 2. The maximum absolute atomic E-state index is 11.9. The molecule has 5 nitrogen and oxygen atoms in total. The molecule has 0 aromatic rings. The van der Waals surface area contributed by atoms with Gasteiger partial charge in [-0.2, -0.15) is 0 Å². The Hall–Kier alpha value is -1.26. The van der Waals surface area contributed by atoms with Gasteiger partial charge >= 0.3 is 12.0 Å². The summed E-state index contributed by atoms with van der Waals surface area (Å²) in [6.45, 7) is 7.89. The van der Waals surface area contributed by atoms with Crippen LogP contribution in [0, 0.1) is 17.8 Å². The third kappa shape index (κ3) is 4.11. The van der Waals surface area contributed by atoms with Crippen LogP contribution in [0.25, 0.3) is 0 Å². The molecular formula is C14H26N2O3. The van der Waals surface area contributed by atoms with Crippen molar-refractivity contribution >= 4 is 12.0 Å². The van der Waals surface area contributed by atoms with E-state index in [0.717, 1.165) is 19.3 Å². The molecule has 1 aliphatic carbocycles. The number of amides is 2. The predicted molar refractivity (Wildman–Crippen MR) is 73.9 cm³/mol. The molecule has 110 valence electrons. The highest BCUT2D eigenvalue weighted by molar-refractivity contribution is 5.82. The second-order valence-corrected chi connectivity index (χ2v) is 5.89. The van der Waals surface area contributed by atoms with Gasteiger partial charge in [0, 0.05) is 6.04 Å². The van der Waals surface area contributed by atoms with Crippen LogP contribution in [0.4, 0.5) is 4.79 Å². The van der Waals surface area contributed by atoms with E-state index < -0.39 is 12.0 Å². The monoisotopic (exact) mass is 270 g/mol. The fourth-order valence-corrected chi connectivity index (χ4v) is 2.89. The molecule has 19 heavy (non-hydrogen) atoms. The van der Waals surface area contributed by atoms with E-state index in [0.29, 0.717) is 11.8 Å². The van der Waals surface area contributed by atoms with Gasteiger partial charge in [-0.1, -0.05) is 34.1 Å². The molecule has 1 saturated carbocycles. The van der Waals surface area contributed by atoms with Crippen molar-refractivity contribution in [2.75, 3.05) is 0 Å². The Kier molecular flexibility index (Phi) is 5.63. The first-order chi connectivity index (χ1) is 8.86. The molecule has 1 fully saturated rings. The minimum Gasteiger partial charge on any atom is -0.480 e. The average Bonchev–Trinajstić information content (AvgIpc) is 2.66. The maximum atomic E-state index is 11.9. The molecule has 0 aliphatic heterocycles. The Balaban J connectivity index is 2.49. The van der Waals surface area contributed by atoms with E-state index in [1.54, 1.807) is 13.8 Å². The average molecular weight is 270 g/mol. The first kappa shape index (κ1) is 15.8. The van der Waals surface area contributed by atoms with Crippen molar-refractivity contribution in [2.45, 2.75) is 59.0 Å². The summed E-state index contributed by atoms with van der Waals surface area (Å²) >= 11 is 0. The molecule has 0 aromatic carbocycles. The number of hydrogen-bond acceptors (Lipinski definition) is 2. The number of aliphatic carboxylic acids is 1. The lowest BCUT2D eigenvalue weighted by Gasteiger charge is -2.23. The molecule has 3 unspecified atom stereocenters. The van der Waals surface area contributed by atoms with Crippen LogP contribution in [0.15, 0.2) is 0 Å². The molecule has 1 rings (SSSR count). The van der Waals surface area contributed by atoms with Crippen LogP contribution in [0.5, 0.6) is 0 Å². The Morgan fingerprint density at radius 2 is 1.95 bits per heavy atom. The van der Waals surface area contributed by atoms with Crippen molar-refractivity contribution in [2.24, 2.45) is 17.8 Å². The van der Waals surface area contributed by atoms with Gasteiger partial charge in [0.05, 0.1) is 0 Å². The third-order valence-corrected chi connectivity index (χ3v) is 4.29. The fraction of sp³-hybridized carbons (Fsp3) is 0.857. The minimum atomic E-state index is -0.990. The van der Waals surface area contributed by atoms with Crippen LogP contribution in [-0.2, 0) is 4.79 Å². The molecule has 3 N–H and O–H groups in total. The Labute approximate surface area is 115 Å². The quantitative estimate of drug-likeness (QED) is 0.716. The molecule has 0 bridgehead atoms. The van der Waals surface area contributed by atoms with E-state index >= 15 is 0 Å². The number of carboxylic acid groups (broad SMARTS) is 1. The standard InChI is InChI=1S/C14H26N2O3/c1-5-10-6-7-11(9(10)4)15-14(19)16-12(8(2)3)13(17)18/h8-12H,5-7H2,1-4H3,(H,17,18)(H2,15,16,19)/t9?,10?,11?,12-/m1/s1. The summed E-state index contributed by atoms with van der Waals surface area (Å²) in [5.74, 6) is -0.00700. The highest BCUT2D eigenvalue weighted by atomic mass is 16.4. The van der Waals surface area contributed by atoms with Gasteiger partial charge in [0.15, 0.2) is 0 Å². The largest absolute Gasteiger partial charge is 0.480 e. The second-order valence-electron chi connectivity index (χ2n) is 5.89. The van der Waals surface area contributed by atoms with E-state index in [-0.39, 0.29) is 18.0 Å². The SMILES string of the molecule is CCC1CCC(NC(=O)N[C@@H](C(=O)O)C(C)C)C1C. The first-order valence-electron chi connectivity index (χ1n) is 7.16. The van der Waals surface area contributed by atoms with E-state index in [1.165, 1.54) is 0 Å². The summed E-state index contributed by atoms with van der Waals surface area (Å²) in [7, 11) is 0. The van der Waals surface area contributed by atoms with Crippen molar-refractivity contribution in [3.63, 3.8) is 0 Å². The highest BCUT2D eigenvalue weighted by Crippen LogP contribution is 2.33. The molecule has 4 atom stereocenters. The third-order valence-electron chi connectivity index (χ3n) is 4.29. The van der Waals surface area contributed by atoms with Crippen LogP contribution in [-0.4, -0.2) is 29.2 Å². The van der Waals surface area contributed by atoms with E-state index in [2.05, 4.69) is 24.5 Å². The lowest BCUT2D eigenvalue weighted by molar-refractivity contribution is -0.140. The van der Waals surface area contributed by atoms with Crippen LogP contribution in [0.2, 0.25) is 0 Å². The van der Waals surface area contributed by atoms with Crippen LogP contribution >= 0.6 is 0 Å². The number of rotatable bonds is 5. The van der Waals surface area contributed by atoms with E-state index in [4.69, 9.17) is 5.11 Å². The number of carbonyl (C=O) groups excluding carboxylic acids is 1. The normalized spacial score (nSPS) is 28.2. The summed E-state index contributed by atoms with van der Waals surface area (Å²) in [5.41, 5.74) is 0. The Morgan fingerprint density at radius 3 is 2.37 bits per heavy atom. The minimum absolute atomic E-state index is 0.132. The van der Waals surface area contributed by atoms with Gasteiger partial charge in [0.25, 0.3) is 0 Å². The van der Waals surface area contributed by atoms with Gasteiger partial charge in [-0.25, -0.2) is 9.59 Å². The number of hydrogen-bond donors (Lipinski definition) is 3. The number of carbonyl (C=O) groups is 2. The van der Waals surface area contributed by atoms with Gasteiger partial charge < -0.3 is 15.7 Å². The molecular weight excluding hydrogens is 244 g/mol. The molecule has 0 radical (unpaired) electrons. The topological polar surface area (TPSA) is 78.4 Å². The zero-order valence-corrected chi connectivity index (χ0v) is 12.3. The number of carboxylic acids is 1. The van der Waals surface area contributed by atoms with Crippen molar-refractivity contribution in [1.82, 2.24) is 10.6 Å². The van der Waals surface area contributed by atoms with E-state index in [9.17, 15) is 9.59 Å². The summed E-state index contributed by atoms with van der Waals surface area (Å²) in [6.07, 6.45) is 3.24. The molecule has 1 aliphatic rings. The van der Waals surface area contributed by atoms with Crippen molar-refractivity contribution in [3.8, 4) is 0 Å². The maximum Gasteiger partial charge on any atom is 0.326 e. The summed E-state index contributed by atoms with van der Waals surface area (Å²) < 4.78 is 0. The van der Waals surface area contributed by atoms with Crippen molar-refractivity contribution in [1.29, 1.82) is 0 Å². The van der Waals surface area contributed by atoms with E-state index in [1.807, 2.05) is 0 Å². The van der Waals surface area contributed by atoms with Crippen LogP contribution in [0.1, 0.15) is 47.0 Å². The first-order valence-corrected chi connectivity index (χ1v) is 7.16. The fourth-order valence-electron chi connectivity index (χ4n) is 2.89. The van der Waals surface area contributed by atoms with Crippen LogP contribution in [0.3, 0.4) is 0 Å². The number of urea groups is 1. The van der Waals surface area contributed by atoms with Crippen molar-refractivity contribution < 1.29 is 14.7 Å². The smallest absolute Gasteiger partial charge is 0.326 e. The molecule has 2 amide bonds. The van der Waals surface area contributed by atoms with Gasteiger partial charge in [-0.15, -0.1) is 0 Å². The van der Waals surface area contributed by atoms with Gasteiger partial charge in [-0.3, -0.25) is 0 Å². The van der Waals surface area contributed by atoms with Gasteiger partial charge in [0.2, 0.25) is 0 Å². The highest BCUT2D eigenvalue weighted by Gasteiger charge is 2.33. The summed E-state index contributed by atoms with van der Waals surface area (Å²) in [6, 6.07) is -1.04. The molecule has 0 heterocycles. The lowest BCUT2D eigenvalue weighted by atomic mass is 9.93. The molecule has 5 heteroatoms. The zero-order chi connectivity index (χ0) is 14.6.